The minimum Gasteiger partial charge on any atom is -0.489 e. The number of rotatable bonds is 8. The summed E-state index contributed by atoms with van der Waals surface area (Å²) in [5, 5.41) is 4.03. The van der Waals surface area contributed by atoms with Crippen molar-refractivity contribution < 1.29 is 23.5 Å². The molecule has 0 radical (unpaired) electrons. The van der Waals surface area contributed by atoms with E-state index in [1.807, 2.05) is 54.6 Å². The predicted molar refractivity (Wildman–Crippen MR) is 106 cm³/mol. The zero-order valence-corrected chi connectivity index (χ0v) is 16.1. The van der Waals surface area contributed by atoms with Gasteiger partial charge in [-0.2, -0.15) is 0 Å². The number of carbonyl (C=O) groups is 1. The molecule has 1 atom stereocenters. The number of carbonyl (C=O) groups excluding carboxylic acids is 1. The highest BCUT2D eigenvalue weighted by Crippen LogP contribution is 2.28. The van der Waals surface area contributed by atoms with E-state index in [4.69, 9.17) is 18.7 Å². The van der Waals surface area contributed by atoms with Crippen molar-refractivity contribution in [3.63, 3.8) is 0 Å². The number of aromatic nitrogens is 1. The normalized spacial score (nSPS) is 16.5. The molecule has 1 aliphatic rings. The van der Waals surface area contributed by atoms with Crippen LogP contribution in [0.15, 0.2) is 59.1 Å². The van der Waals surface area contributed by atoms with Crippen molar-refractivity contribution in [3.05, 3.63) is 71.4 Å². The molecule has 1 saturated heterocycles. The second-order valence-electron chi connectivity index (χ2n) is 6.90. The third-order valence-corrected chi connectivity index (χ3v) is 4.83. The Kier molecular flexibility index (Phi) is 6.34. The molecule has 0 spiro atoms. The van der Waals surface area contributed by atoms with Crippen LogP contribution in [0.25, 0.3) is 11.3 Å². The van der Waals surface area contributed by atoms with Crippen LogP contribution >= 0.6 is 0 Å². The average molecular weight is 393 g/mol. The maximum atomic E-state index is 11.6. The van der Waals surface area contributed by atoms with Crippen molar-refractivity contribution in [2.45, 2.75) is 38.8 Å². The second-order valence-corrected chi connectivity index (χ2v) is 6.90. The molecule has 0 amide bonds. The minimum atomic E-state index is -0.246. The second kappa shape index (κ2) is 9.49. The molecule has 0 aliphatic carbocycles. The van der Waals surface area contributed by atoms with Gasteiger partial charge in [0.2, 0.25) is 0 Å². The van der Waals surface area contributed by atoms with Gasteiger partial charge in [0.25, 0.3) is 0 Å². The first-order valence-corrected chi connectivity index (χ1v) is 9.77. The van der Waals surface area contributed by atoms with Crippen LogP contribution in [0.2, 0.25) is 0 Å². The Labute approximate surface area is 169 Å². The van der Waals surface area contributed by atoms with Gasteiger partial charge in [0.05, 0.1) is 12.2 Å². The van der Waals surface area contributed by atoms with Crippen molar-refractivity contribution in [2.75, 3.05) is 6.61 Å². The summed E-state index contributed by atoms with van der Waals surface area (Å²) in [6.45, 7) is 1.38. The van der Waals surface area contributed by atoms with Gasteiger partial charge in [0.15, 0.2) is 18.3 Å². The SMILES string of the molecule is O=Cc1c(COC2CCCCO2)noc1-c1ccc(OCc2ccccc2)cc1. The number of hydrogen-bond donors (Lipinski definition) is 0. The highest BCUT2D eigenvalue weighted by molar-refractivity contribution is 5.86. The van der Waals surface area contributed by atoms with E-state index < -0.39 is 0 Å². The molecule has 1 fully saturated rings. The lowest BCUT2D eigenvalue weighted by molar-refractivity contribution is -0.169. The van der Waals surface area contributed by atoms with Crippen LogP contribution in [-0.4, -0.2) is 24.3 Å². The summed E-state index contributed by atoms with van der Waals surface area (Å²) in [6.07, 6.45) is 3.49. The monoisotopic (exact) mass is 393 g/mol. The number of hydrogen-bond acceptors (Lipinski definition) is 6. The Morgan fingerprint density at radius 2 is 1.86 bits per heavy atom. The molecule has 1 aliphatic heterocycles. The zero-order chi connectivity index (χ0) is 19.9. The fourth-order valence-corrected chi connectivity index (χ4v) is 3.22. The van der Waals surface area contributed by atoms with Crippen molar-refractivity contribution in [1.82, 2.24) is 5.16 Å². The highest BCUT2D eigenvalue weighted by atomic mass is 16.7. The van der Waals surface area contributed by atoms with E-state index in [1.165, 1.54) is 0 Å². The molecule has 4 rings (SSSR count). The molecule has 3 aromatic rings. The summed E-state index contributed by atoms with van der Waals surface area (Å²) in [4.78, 5) is 11.6. The lowest BCUT2D eigenvalue weighted by Crippen LogP contribution is -2.22. The topological polar surface area (TPSA) is 70.8 Å². The van der Waals surface area contributed by atoms with Crippen molar-refractivity contribution in [3.8, 4) is 17.1 Å². The number of nitrogens with zero attached hydrogens (tertiary/aromatic N) is 1. The Morgan fingerprint density at radius 3 is 2.59 bits per heavy atom. The molecule has 2 aromatic carbocycles. The Balaban J connectivity index is 1.41. The van der Waals surface area contributed by atoms with Crippen LogP contribution in [0.5, 0.6) is 5.75 Å². The van der Waals surface area contributed by atoms with Gasteiger partial charge in [-0.1, -0.05) is 35.5 Å². The van der Waals surface area contributed by atoms with Crippen molar-refractivity contribution >= 4 is 6.29 Å². The van der Waals surface area contributed by atoms with E-state index in [-0.39, 0.29) is 12.9 Å². The molecule has 1 unspecified atom stereocenters. The summed E-state index contributed by atoms with van der Waals surface area (Å²) >= 11 is 0. The van der Waals surface area contributed by atoms with E-state index in [0.717, 1.165) is 42.4 Å². The van der Waals surface area contributed by atoms with Crippen molar-refractivity contribution in [1.29, 1.82) is 0 Å². The predicted octanol–water partition coefficient (Wildman–Crippen LogP) is 4.78. The third kappa shape index (κ3) is 4.91. The van der Waals surface area contributed by atoms with Gasteiger partial charge in [-0.25, -0.2) is 0 Å². The zero-order valence-electron chi connectivity index (χ0n) is 16.1. The molecule has 0 saturated carbocycles. The molecule has 0 bridgehead atoms. The first kappa shape index (κ1) is 19.4. The summed E-state index contributed by atoms with van der Waals surface area (Å²) in [5.74, 6) is 1.17. The van der Waals surface area contributed by atoms with E-state index in [1.54, 1.807) is 0 Å². The quantitative estimate of drug-likeness (QED) is 0.513. The average Bonchev–Trinajstić information content (AvgIpc) is 3.21. The first-order chi connectivity index (χ1) is 14.3. The Bertz CT molecular complexity index is 914. The molecule has 0 N–H and O–H groups in total. The number of aldehydes is 1. The lowest BCUT2D eigenvalue weighted by Gasteiger charge is -2.22. The largest absolute Gasteiger partial charge is 0.489 e. The number of ether oxygens (including phenoxy) is 3. The fourth-order valence-electron chi connectivity index (χ4n) is 3.22. The van der Waals surface area contributed by atoms with Crippen LogP contribution in [0.1, 0.15) is 40.9 Å². The van der Waals surface area contributed by atoms with Gasteiger partial charge in [-0.3, -0.25) is 4.79 Å². The van der Waals surface area contributed by atoms with Crippen LogP contribution in [0.3, 0.4) is 0 Å². The van der Waals surface area contributed by atoms with Crippen LogP contribution < -0.4 is 4.74 Å². The van der Waals surface area contributed by atoms with Crippen molar-refractivity contribution in [2.24, 2.45) is 0 Å². The van der Waals surface area contributed by atoms with Gasteiger partial charge >= 0.3 is 0 Å². The highest BCUT2D eigenvalue weighted by Gasteiger charge is 2.20. The first-order valence-electron chi connectivity index (χ1n) is 9.77. The standard InChI is InChI=1S/C23H23NO5/c25-14-20-21(16-28-22-8-4-5-13-26-22)24-29-23(20)18-9-11-19(12-10-18)27-15-17-6-2-1-3-7-17/h1-3,6-7,9-12,14,22H,4-5,8,13,15-16H2. The van der Waals surface area contributed by atoms with Gasteiger partial charge in [0, 0.05) is 12.2 Å². The summed E-state index contributed by atoms with van der Waals surface area (Å²) < 4.78 is 22.5. The van der Waals surface area contributed by atoms with E-state index in [2.05, 4.69) is 5.16 Å². The summed E-state index contributed by atoms with van der Waals surface area (Å²) in [5.41, 5.74) is 2.74. The summed E-state index contributed by atoms with van der Waals surface area (Å²) in [6, 6.07) is 17.4. The molecular weight excluding hydrogens is 370 g/mol. The maximum absolute atomic E-state index is 11.6. The molecule has 29 heavy (non-hydrogen) atoms. The smallest absolute Gasteiger partial charge is 0.177 e. The Hall–Kier alpha value is -2.96. The van der Waals surface area contributed by atoms with E-state index in [9.17, 15) is 4.79 Å². The molecule has 1 aromatic heterocycles. The minimum absolute atomic E-state index is 0.181. The summed E-state index contributed by atoms with van der Waals surface area (Å²) in [7, 11) is 0. The molecule has 2 heterocycles. The Morgan fingerprint density at radius 1 is 1.03 bits per heavy atom. The molecule has 6 heteroatoms. The van der Waals surface area contributed by atoms with E-state index in [0.29, 0.717) is 30.2 Å². The van der Waals surface area contributed by atoms with Gasteiger partial charge < -0.3 is 18.7 Å². The number of benzene rings is 2. The van der Waals surface area contributed by atoms with Crippen LogP contribution in [0.4, 0.5) is 0 Å². The molecular formula is C23H23NO5. The van der Waals surface area contributed by atoms with E-state index >= 15 is 0 Å². The molecule has 150 valence electrons. The van der Waals surface area contributed by atoms with Gasteiger partial charge in [-0.05, 0) is 49.1 Å². The lowest BCUT2D eigenvalue weighted by atomic mass is 10.1. The van der Waals surface area contributed by atoms with Crippen LogP contribution in [0, 0.1) is 0 Å². The van der Waals surface area contributed by atoms with Gasteiger partial charge in [-0.15, -0.1) is 0 Å². The van der Waals surface area contributed by atoms with Gasteiger partial charge in [0.1, 0.15) is 18.1 Å². The maximum Gasteiger partial charge on any atom is 0.177 e. The fraction of sp³-hybridized carbons (Fsp3) is 0.304. The third-order valence-electron chi connectivity index (χ3n) is 4.83. The molecule has 6 nitrogen and oxygen atoms in total. The van der Waals surface area contributed by atoms with Crippen LogP contribution in [-0.2, 0) is 22.7 Å².